The number of aryl methyl sites for hydroxylation is 5. The van der Waals surface area contributed by atoms with E-state index in [0.29, 0.717) is 0 Å². The quantitative estimate of drug-likeness (QED) is 0.146. The highest BCUT2D eigenvalue weighted by molar-refractivity contribution is 6.27. The van der Waals surface area contributed by atoms with Crippen LogP contribution < -0.4 is 0 Å². The first-order chi connectivity index (χ1) is 46.7. The van der Waals surface area contributed by atoms with Gasteiger partial charge in [0.25, 0.3) is 0 Å². The van der Waals surface area contributed by atoms with Crippen LogP contribution in [0.2, 0.25) is 0 Å². The molecule has 0 saturated heterocycles. The third-order valence-electron chi connectivity index (χ3n) is 18.0. The summed E-state index contributed by atoms with van der Waals surface area (Å²) >= 11 is 0. The van der Waals surface area contributed by atoms with Gasteiger partial charge in [0.2, 0.25) is 0 Å². The van der Waals surface area contributed by atoms with E-state index >= 15 is 0 Å². The molecule has 0 aliphatic carbocycles. The van der Waals surface area contributed by atoms with Crippen LogP contribution in [0.15, 0.2) is 370 Å². The molecular weight excluding hydrogens is 1140 g/mol. The Hall–Kier alpha value is -11.7. The highest BCUT2D eigenvalue weighted by atomic mass is 14.1. The maximum atomic E-state index is 2.30. The highest BCUT2D eigenvalue weighted by Gasteiger charge is 2.11. The Labute approximate surface area is 560 Å². The molecule has 0 atom stereocenters. The van der Waals surface area contributed by atoms with Crippen LogP contribution in [0.3, 0.4) is 0 Å². The van der Waals surface area contributed by atoms with Crippen LogP contribution >= 0.6 is 0 Å². The lowest BCUT2D eigenvalue weighted by atomic mass is 9.92. The summed E-state index contributed by atoms with van der Waals surface area (Å²) < 4.78 is 0. The van der Waals surface area contributed by atoms with Gasteiger partial charge in [-0.15, -0.1) is 0 Å². The maximum absolute atomic E-state index is 2.30. The maximum Gasteiger partial charge on any atom is -0.00697 e. The van der Waals surface area contributed by atoms with Crippen molar-refractivity contribution in [2.24, 2.45) is 0 Å². The molecule has 0 nitrogen and oxygen atoms in total. The van der Waals surface area contributed by atoms with Gasteiger partial charge >= 0.3 is 0 Å². The van der Waals surface area contributed by atoms with Crippen LogP contribution in [0.25, 0.3) is 131 Å². The number of hydrogen-bond donors (Lipinski definition) is 0. The van der Waals surface area contributed by atoms with Crippen molar-refractivity contribution < 1.29 is 0 Å². The van der Waals surface area contributed by atoms with Crippen LogP contribution in [0.1, 0.15) is 27.8 Å². The summed E-state index contributed by atoms with van der Waals surface area (Å²) in [5, 5.41) is 16.2. The molecule has 0 amide bonds. The average molecular weight is 1220 g/mol. The van der Waals surface area contributed by atoms with Gasteiger partial charge in [-0.3, -0.25) is 0 Å². The Bertz CT molecular complexity index is 5260. The lowest BCUT2D eigenvalue weighted by Crippen LogP contribution is -1.85. The Balaban J connectivity index is 0.000000108. The van der Waals surface area contributed by atoms with E-state index in [-0.39, 0.29) is 0 Å². The second-order valence-corrected chi connectivity index (χ2v) is 24.6. The van der Waals surface area contributed by atoms with Gasteiger partial charge in [0.15, 0.2) is 0 Å². The molecule has 0 aromatic heterocycles. The fourth-order valence-electron chi connectivity index (χ4n) is 13.1. The second kappa shape index (κ2) is 29.3. The lowest BCUT2D eigenvalue weighted by Gasteiger charge is -2.11. The van der Waals surface area contributed by atoms with E-state index in [9.17, 15) is 0 Å². The van der Waals surface area contributed by atoms with Crippen LogP contribution in [0, 0.1) is 34.6 Å². The van der Waals surface area contributed by atoms with E-state index < -0.39 is 0 Å². The lowest BCUT2D eigenvalue weighted by molar-refractivity contribution is 1.46. The summed E-state index contributed by atoms with van der Waals surface area (Å²) in [4.78, 5) is 0. The normalized spacial score (nSPS) is 10.8. The Morgan fingerprint density at radius 3 is 0.821 bits per heavy atom. The highest BCUT2D eigenvalue weighted by Crippen LogP contribution is 2.38. The smallest absolute Gasteiger partial charge is 0.00697 e. The third-order valence-corrected chi connectivity index (χ3v) is 18.0. The molecule has 0 fully saturated rings. The molecule has 95 heavy (non-hydrogen) atoms. The number of rotatable bonds is 6. The van der Waals surface area contributed by atoms with Crippen molar-refractivity contribution in [3.05, 3.63) is 398 Å². The molecule has 0 aliphatic rings. The summed E-state index contributed by atoms with van der Waals surface area (Å²) in [7, 11) is 0. The first-order valence-electron chi connectivity index (χ1n) is 33.0. The van der Waals surface area contributed by atoms with Crippen LogP contribution in [0.5, 0.6) is 0 Å². The summed E-state index contributed by atoms with van der Waals surface area (Å²) in [5.41, 5.74) is 21.8. The molecule has 0 N–H and O–H groups in total. The molecule has 456 valence electrons. The van der Waals surface area contributed by atoms with Crippen molar-refractivity contribution in [2.45, 2.75) is 34.6 Å². The average Bonchev–Trinajstić information content (AvgIpc) is 0.780. The minimum atomic E-state index is 1.26. The fraction of sp³-hybridized carbons (Fsp3) is 0.0526. The predicted molar refractivity (Wildman–Crippen MR) is 414 cm³/mol. The SMILES string of the molecule is Cc1ccc(-c2ccc(-c3ccccc3)cc2)cc1.Cc1ccc2c3ccccc3c3ccccc3c2c1.Cc1cccc(-c2ccc(-c3ccccc3)cc2)c1.Cc1cccc2c3ccccc3c3ccccc3c12.Cc1ccccc1-c1ccc(-c2ccccc2)cc1. The minimum Gasteiger partial charge on any atom is -0.0622 e. The van der Waals surface area contributed by atoms with Crippen LogP contribution in [-0.4, -0.2) is 0 Å². The Morgan fingerprint density at radius 2 is 0.400 bits per heavy atom. The zero-order valence-electron chi connectivity index (χ0n) is 54.7. The summed E-state index contributed by atoms with van der Waals surface area (Å²) in [6.07, 6.45) is 0. The molecule has 0 aliphatic heterocycles. The number of fused-ring (bicyclic) bond motifs is 12. The Morgan fingerprint density at radius 1 is 0.137 bits per heavy atom. The van der Waals surface area contributed by atoms with E-state index in [4.69, 9.17) is 0 Å². The van der Waals surface area contributed by atoms with Crippen LogP contribution in [-0.2, 0) is 0 Å². The van der Waals surface area contributed by atoms with Crippen molar-refractivity contribution in [1.29, 1.82) is 0 Å². The zero-order chi connectivity index (χ0) is 64.9. The fourth-order valence-corrected chi connectivity index (χ4v) is 13.1. The van der Waals surface area contributed by atoms with Gasteiger partial charge in [-0.2, -0.15) is 0 Å². The van der Waals surface area contributed by atoms with Crippen molar-refractivity contribution >= 4 is 64.6 Å². The molecular formula is C95H76. The van der Waals surface area contributed by atoms with E-state index in [1.165, 1.54) is 159 Å². The standard InChI is InChI=1S/2C19H14.3C19H16/c1-13-7-6-12-18-16-9-3-2-8-14(16)15-10-4-5-11-17(15)19(13)18;1-13-10-11-18-16-8-3-2-6-14(16)15-7-4-5-9-17(15)19(18)12-13;1-15-7-5-6-10-19(15)18-13-11-17(12-14-18)16-8-3-2-4-9-16;1-15-6-5-9-19(14-15)18-12-10-17(11-13-18)16-7-3-2-4-8-16;1-15-7-9-17(10-8-15)19-13-11-18(12-14-19)16-5-3-2-4-6-16/h2*2-12H,1H3;3*2-14H,1H3. The van der Waals surface area contributed by atoms with E-state index in [1.54, 1.807) is 0 Å². The molecule has 17 aromatic carbocycles. The monoisotopic (exact) mass is 1220 g/mol. The molecule has 0 saturated carbocycles. The molecule has 0 spiro atoms. The van der Waals surface area contributed by atoms with Crippen molar-refractivity contribution in [3.63, 3.8) is 0 Å². The van der Waals surface area contributed by atoms with Gasteiger partial charge in [-0.1, -0.05) is 387 Å². The van der Waals surface area contributed by atoms with Gasteiger partial charge < -0.3 is 0 Å². The molecule has 17 rings (SSSR count). The van der Waals surface area contributed by atoms with Crippen molar-refractivity contribution in [2.75, 3.05) is 0 Å². The minimum absolute atomic E-state index is 1.26. The molecule has 17 aromatic rings. The van der Waals surface area contributed by atoms with Gasteiger partial charge in [0.05, 0.1) is 0 Å². The largest absolute Gasteiger partial charge is 0.0622 e. The predicted octanol–water partition coefficient (Wildman–Crippen LogP) is 26.9. The number of benzene rings is 17. The number of hydrogen-bond acceptors (Lipinski definition) is 0. The topological polar surface area (TPSA) is 0 Å². The second-order valence-electron chi connectivity index (χ2n) is 24.6. The van der Waals surface area contributed by atoms with Crippen molar-refractivity contribution in [1.82, 2.24) is 0 Å². The van der Waals surface area contributed by atoms with Gasteiger partial charge in [-0.05, 0) is 177 Å². The van der Waals surface area contributed by atoms with Gasteiger partial charge in [0, 0.05) is 0 Å². The zero-order valence-corrected chi connectivity index (χ0v) is 54.7. The summed E-state index contributed by atoms with van der Waals surface area (Å²) in [5.74, 6) is 0. The Kier molecular flexibility index (Phi) is 19.1. The van der Waals surface area contributed by atoms with Gasteiger partial charge in [0.1, 0.15) is 0 Å². The van der Waals surface area contributed by atoms with Crippen LogP contribution in [0.4, 0.5) is 0 Å². The first kappa shape index (κ1) is 62.1. The van der Waals surface area contributed by atoms with E-state index in [1.807, 2.05) is 18.2 Å². The van der Waals surface area contributed by atoms with Crippen molar-refractivity contribution in [3.8, 4) is 66.8 Å². The summed E-state index contributed by atoms with van der Waals surface area (Å²) in [6, 6.07) is 132. The molecule has 0 radical (unpaired) electrons. The molecule has 0 heteroatoms. The molecule has 0 heterocycles. The van der Waals surface area contributed by atoms with E-state index in [0.717, 1.165) is 0 Å². The molecule has 0 unspecified atom stereocenters. The van der Waals surface area contributed by atoms with Gasteiger partial charge in [-0.25, -0.2) is 0 Å². The third kappa shape index (κ3) is 14.4. The molecule has 0 bridgehead atoms. The first-order valence-corrected chi connectivity index (χ1v) is 33.0. The summed E-state index contributed by atoms with van der Waals surface area (Å²) in [6.45, 7) is 10.7. The van der Waals surface area contributed by atoms with E-state index in [2.05, 4.69) is 386 Å².